The zero-order valence-corrected chi connectivity index (χ0v) is 18.3. The third-order valence-electron chi connectivity index (χ3n) is 4.72. The Hall–Kier alpha value is -3.62. The normalized spacial score (nSPS) is 13.6. The fourth-order valence-corrected chi connectivity index (χ4v) is 3.26. The van der Waals surface area contributed by atoms with Crippen LogP contribution in [0.4, 0.5) is 17.4 Å². The summed E-state index contributed by atoms with van der Waals surface area (Å²) in [4.78, 5) is 23.1. The maximum absolute atomic E-state index is 12.8. The lowest BCUT2D eigenvalue weighted by molar-refractivity contribution is 0.0479. The Morgan fingerprint density at radius 3 is 2.88 bits per heavy atom. The minimum atomic E-state index is -0.713. The van der Waals surface area contributed by atoms with Crippen LogP contribution in [-0.4, -0.2) is 54.4 Å². The summed E-state index contributed by atoms with van der Waals surface area (Å²) in [5, 5.41) is 14.3. The number of rotatable bonds is 7. The Labute approximate surface area is 189 Å². The number of carbonyl (C=O) groups excluding carboxylic acids is 1. The lowest BCUT2D eigenvalue weighted by Crippen LogP contribution is -2.20. The van der Waals surface area contributed by atoms with Crippen molar-refractivity contribution in [2.45, 2.75) is 0 Å². The van der Waals surface area contributed by atoms with E-state index in [0.717, 1.165) is 5.56 Å². The lowest BCUT2D eigenvalue weighted by Gasteiger charge is -2.10. The summed E-state index contributed by atoms with van der Waals surface area (Å²) in [6.45, 7) is 0.693. The van der Waals surface area contributed by atoms with Crippen LogP contribution in [0.3, 0.4) is 0 Å². The van der Waals surface area contributed by atoms with Crippen molar-refractivity contribution in [2.75, 3.05) is 32.6 Å². The molecule has 0 amide bonds. The number of hydrogen-bond acceptors (Lipinski definition) is 8. The molecule has 1 aliphatic heterocycles. The third-order valence-corrected chi connectivity index (χ3v) is 5.05. The summed E-state index contributed by atoms with van der Waals surface area (Å²) < 4.78 is 11.2. The smallest absolute Gasteiger partial charge is 0.347 e. The minimum absolute atomic E-state index is 0.0265. The number of likely N-dealkylation sites (N-methyl/N-ethyl adjacent to an activating group) is 1. The number of aromatic hydroxyl groups is 1. The number of benzene rings is 1. The molecule has 1 aromatic carbocycles. The number of aliphatic imine (C=N–C) groups is 1. The van der Waals surface area contributed by atoms with Gasteiger partial charge in [0.05, 0.1) is 10.7 Å². The summed E-state index contributed by atoms with van der Waals surface area (Å²) in [5.74, 6) is -0.374. The number of nitrogens with zero attached hydrogens (tertiary/aromatic N) is 3. The first-order chi connectivity index (χ1) is 15.4. The van der Waals surface area contributed by atoms with Gasteiger partial charge in [-0.1, -0.05) is 23.7 Å². The van der Waals surface area contributed by atoms with E-state index < -0.39 is 5.97 Å². The SMILES string of the molecule is CN(C)CCOC(=O)c1c(Nc2ccccc2Cl)oc(C=C2C=Nc3ncccc32)c1O. The van der Waals surface area contributed by atoms with Crippen molar-refractivity contribution in [3.63, 3.8) is 0 Å². The topological polar surface area (TPSA) is 100 Å². The van der Waals surface area contributed by atoms with Gasteiger partial charge in [0.2, 0.25) is 5.88 Å². The standard InChI is InChI=1S/C23H21ClN4O4/c1-28(2)10-11-31-23(30)19-20(29)18(12-14-13-26-21-15(14)6-5-9-25-21)32-22(19)27-17-8-4-3-7-16(17)24/h3-9,12-13,27,29H,10-11H2,1-2H3. The molecule has 164 valence electrons. The number of aromatic nitrogens is 1. The second-order valence-corrected chi connectivity index (χ2v) is 7.70. The molecule has 0 fully saturated rings. The molecular formula is C23H21ClN4O4. The highest BCUT2D eigenvalue weighted by Gasteiger charge is 2.28. The zero-order chi connectivity index (χ0) is 22.7. The molecule has 3 heterocycles. The second kappa shape index (κ2) is 9.25. The molecular weight excluding hydrogens is 432 g/mol. The highest BCUT2D eigenvalue weighted by atomic mass is 35.5. The van der Waals surface area contributed by atoms with E-state index in [4.69, 9.17) is 20.8 Å². The molecule has 1 aliphatic rings. The quantitative estimate of drug-likeness (QED) is 0.499. The molecule has 0 saturated carbocycles. The van der Waals surface area contributed by atoms with E-state index >= 15 is 0 Å². The molecule has 0 unspecified atom stereocenters. The first-order valence-corrected chi connectivity index (χ1v) is 10.2. The second-order valence-electron chi connectivity index (χ2n) is 7.30. The van der Waals surface area contributed by atoms with Gasteiger partial charge in [0.15, 0.2) is 22.9 Å². The number of furan rings is 1. The van der Waals surface area contributed by atoms with Crippen molar-refractivity contribution >= 4 is 52.8 Å². The van der Waals surface area contributed by atoms with Crippen molar-refractivity contribution in [2.24, 2.45) is 4.99 Å². The van der Waals surface area contributed by atoms with Gasteiger partial charge in [-0.3, -0.25) is 0 Å². The summed E-state index contributed by atoms with van der Waals surface area (Å²) >= 11 is 6.24. The third kappa shape index (κ3) is 4.51. The molecule has 32 heavy (non-hydrogen) atoms. The van der Waals surface area contributed by atoms with Crippen LogP contribution in [-0.2, 0) is 4.74 Å². The van der Waals surface area contributed by atoms with Crippen LogP contribution in [0, 0.1) is 0 Å². The molecule has 2 N–H and O–H groups in total. The van der Waals surface area contributed by atoms with Gasteiger partial charge in [-0.15, -0.1) is 0 Å². The fourth-order valence-electron chi connectivity index (χ4n) is 3.07. The Morgan fingerprint density at radius 1 is 1.28 bits per heavy atom. The number of carbonyl (C=O) groups is 1. The van der Waals surface area contributed by atoms with Gasteiger partial charge < -0.3 is 24.5 Å². The number of esters is 1. The number of nitrogens with one attached hydrogen (secondary N) is 1. The van der Waals surface area contributed by atoms with Crippen LogP contribution in [0.1, 0.15) is 21.7 Å². The van der Waals surface area contributed by atoms with E-state index in [9.17, 15) is 9.90 Å². The van der Waals surface area contributed by atoms with E-state index in [0.29, 0.717) is 28.6 Å². The summed E-state index contributed by atoms with van der Waals surface area (Å²) in [6, 6.07) is 10.6. The molecule has 4 rings (SSSR count). The van der Waals surface area contributed by atoms with Gasteiger partial charge in [0, 0.05) is 30.1 Å². The van der Waals surface area contributed by atoms with E-state index in [1.807, 2.05) is 25.1 Å². The van der Waals surface area contributed by atoms with Crippen molar-refractivity contribution in [1.29, 1.82) is 0 Å². The van der Waals surface area contributed by atoms with E-state index in [-0.39, 0.29) is 29.6 Å². The molecule has 9 heteroatoms. The van der Waals surface area contributed by atoms with Crippen LogP contribution in [0.25, 0.3) is 11.6 Å². The number of pyridine rings is 1. The van der Waals surface area contributed by atoms with Gasteiger partial charge >= 0.3 is 5.97 Å². The number of ether oxygens (including phenoxy) is 1. The summed E-state index contributed by atoms with van der Waals surface area (Å²) in [5.41, 5.74) is 1.88. The molecule has 0 spiro atoms. The average molecular weight is 453 g/mol. The highest BCUT2D eigenvalue weighted by molar-refractivity contribution is 6.33. The number of para-hydroxylation sites is 1. The van der Waals surface area contributed by atoms with Crippen molar-refractivity contribution in [1.82, 2.24) is 9.88 Å². The van der Waals surface area contributed by atoms with Gasteiger partial charge in [-0.2, -0.15) is 0 Å². The van der Waals surface area contributed by atoms with Crippen molar-refractivity contribution < 1.29 is 19.1 Å². The molecule has 8 nitrogen and oxygen atoms in total. The van der Waals surface area contributed by atoms with E-state index in [2.05, 4.69) is 15.3 Å². The first kappa shape index (κ1) is 21.6. The number of halogens is 1. The lowest BCUT2D eigenvalue weighted by atomic mass is 10.1. The Kier molecular flexibility index (Phi) is 6.25. The van der Waals surface area contributed by atoms with Crippen molar-refractivity contribution in [3.8, 4) is 5.75 Å². The Balaban J connectivity index is 1.71. The maximum atomic E-state index is 12.8. The number of hydrogen-bond donors (Lipinski definition) is 2. The molecule has 0 radical (unpaired) electrons. The predicted octanol–water partition coefficient (Wildman–Crippen LogP) is 4.75. The first-order valence-electron chi connectivity index (χ1n) is 9.84. The molecule has 0 aliphatic carbocycles. The molecule has 0 bridgehead atoms. The number of anilines is 2. The van der Waals surface area contributed by atoms with E-state index in [1.54, 1.807) is 48.8 Å². The van der Waals surface area contributed by atoms with Gasteiger partial charge in [-0.05, 0) is 44.4 Å². The van der Waals surface area contributed by atoms with Crippen LogP contribution < -0.4 is 5.32 Å². The van der Waals surface area contributed by atoms with E-state index in [1.165, 1.54) is 0 Å². The maximum Gasteiger partial charge on any atom is 0.347 e. The van der Waals surface area contributed by atoms with Gasteiger partial charge in [-0.25, -0.2) is 14.8 Å². The van der Waals surface area contributed by atoms with Gasteiger partial charge in [0.1, 0.15) is 6.61 Å². The van der Waals surface area contributed by atoms with Crippen LogP contribution in [0.5, 0.6) is 5.75 Å². The average Bonchev–Trinajstić information content (AvgIpc) is 3.31. The molecule has 2 aromatic heterocycles. The molecule has 0 atom stereocenters. The zero-order valence-electron chi connectivity index (χ0n) is 17.5. The van der Waals surface area contributed by atoms with Crippen LogP contribution >= 0.6 is 11.6 Å². The van der Waals surface area contributed by atoms with Crippen LogP contribution in [0.2, 0.25) is 5.02 Å². The summed E-state index contributed by atoms with van der Waals surface area (Å²) in [6.07, 6.45) is 4.87. The monoisotopic (exact) mass is 452 g/mol. The fraction of sp³-hybridized carbons (Fsp3) is 0.174. The molecule has 0 saturated heterocycles. The number of fused-ring (bicyclic) bond motifs is 1. The van der Waals surface area contributed by atoms with Crippen LogP contribution in [0.15, 0.2) is 52.0 Å². The predicted molar refractivity (Wildman–Crippen MR) is 124 cm³/mol. The van der Waals surface area contributed by atoms with Gasteiger partial charge in [0.25, 0.3) is 0 Å². The Morgan fingerprint density at radius 2 is 2.09 bits per heavy atom. The Bertz CT molecular complexity index is 1220. The summed E-state index contributed by atoms with van der Waals surface area (Å²) in [7, 11) is 3.74. The minimum Gasteiger partial charge on any atom is -0.504 e. The molecule has 3 aromatic rings. The number of allylic oxidation sites excluding steroid dienone is 1. The largest absolute Gasteiger partial charge is 0.504 e. The highest BCUT2D eigenvalue weighted by Crippen LogP contribution is 2.40. The van der Waals surface area contributed by atoms with Crippen molar-refractivity contribution in [3.05, 3.63) is 64.5 Å².